The smallest absolute Gasteiger partial charge is 0.408 e. The van der Waals surface area contributed by atoms with E-state index >= 15 is 0 Å². The van der Waals surface area contributed by atoms with Crippen LogP contribution in [-0.4, -0.2) is 34.2 Å². The Morgan fingerprint density at radius 3 is 2.57 bits per heavy atom. The Balaban J connectivity index is 1.55. The Kier molecular flexibility index (Phi) is 9.67. The van der Waals surface area contributed by atoms with Gasteiger partial charge in [-0.3, -0.25) is 14.3 Å². The molecule has 0 aliphatic carbocycles. The van der Waals surface area contributed by atoms with E-state index < -0.39 is 35.0 Å². The lowest BCUT2D eigenvalue weighted by Gasteiger charge is -2.33. The molecule has 0 bridgehead atoms. The number of hydrogen-bond donors (Lipinski definition) is 1. The van der Waals surface area contributed by atoms with E-state index in [1.165, 1.54) is 0 Å². The van der Waals surface area contributed by atoms with Crippen molar-refractivity contribution in [3.63, 3.8) is 0 Å². The summed E-state index contributed by atoms with van der Waals surface area (Å²) in [5.41, 5.74) is 2.22. The number of benzene rings is 3. The average molecular weight is 707 g/mol. The molecule has 0 unspecified atom stereocenters. The molecular formula is C32H28BrClF3N3O3S. The lowest BCUT2D eigenvalue weighted by atomic mass is 9.85. The molecule has 6 nitrogen and oxygen atoms in total. The van der Waals surface area contributed by atoms with Crippen LogP contribution in [0.1, 0.15) is 52.0 Å². The van der Waals surface area contributed by atoms with Crippen molar-refractivity contribution in [2.24, 2.45) is 0 Å². The zero-order valence-electron chi connectivity index (χ0n) is 23.5. The third-order valence-corrected chi connectivity index (χ3v) is 9.64. The van der Waals surface area contributed by atoms with Crippen LogP contribution in [0.25, 0.3) is 0 Å². The van der Waals surface area contributed by atoms with Gasteiger partial charge in [0.1, 0.15) is 12.6 Å². The van der Waals surface area contributed by atoms with Crippen molar-refractivity contribution >= 4 is 45.2 Å². The van der Waals surface area contributed by atoms with E-state index in [4.69, 9.17) is 22.2 Å². The maximum Gasteiger partial charge on any atom is 0.408 e. The van der Waals surface area contributed by atoms with E-state index in [1.807, 2.05) is 36.4 Å². The van der Waals surface area contributed by atoms with E-state index in [9.17, 15) is 22.8 Å². The number of nitrogen functional groups attached to an aromatic ring is 1. The third kappa shape index (κ3) is 6.64. The van der Waals surface area contributed by atoms with Crippen molar-refractivity contribution in [2.75, 3.05) is 12.4 Å². The minimum atomic E-state index is -4.76. The Hall–Kier alpha value is -3.41. The molecule has 0 spiro atoms. The summed E-state index contributed by atoms with van der Waals surface area (Å²) in [5.74, 6) is 4.86. The predicted molar refractivity (Wildman–Crippen MR) is 170 cm³/mol. The number of ether oxygens (including phenoxy) is 1. The van der Waals surface area contributed by atoms with E-state index in [0.29, 0.717) is 21.2 Å². The number of carbonyl (C=O) groups is 1. The average Bonchev–Trinajstić information content (AvgIpc) is 3.16. The van der Waals surface area contributed by atoms with Crippen LogP contribution in [0.2, 0.25) is 5.02 Å². The molecule has 0 saturated carbocycles. The minimum Gasteiger partial charge on any atom is -0.482 e. The number of pyridine rings is 1. The predicted octanol–water partition coefficient (Wildman–Crippen LogP) is 7.78. The first-order valence-corrected chi connectivity index (χ1v) is 15.9. The van der Waals surface area contributed by atoms with Crippen LogP contribution < -0.4 is 16.0 Å². The highest BCUT2D eigenvalue weighted by Crippen LogP contribution is 2.45. The molecule has 0 radical (unpaired) electrons. The van der Waals surface area contributed by atoms with E-state index in [2.05, 4.69) is 15.9 Å². The molecule has 0 fully saturated rings. The molecule has 2 N–H and O–H groups in total. The van der Waals surface area contributed by atoms with Gasteiger partial charge in [0.15, 0.2) is 11.4 Å². The van der Waals surface area contributed by atoms with Crippen molar-refractivity contribution in [1.82, 2.24) is 9.58 Å². The molecule has 1 aliphatic heterocycles. The highest BCUT2D eigenvalue weighted by Gasteiger charge is 2.44. The van der Waals surface area contributed by atoms with Gasteiger partial charge in [0.2, 0.25) is 5.43 Å². The fourth-order valence-corrected chi connectivity index (χ4v) is 7.15. The summed E-state index contributed by atoms with van der Waals surface area (Å²) in [5, 5.41) is 0.506. The largest absolute Gasteiger partial charge is 0.482 e. The van der Waals surface area contributed by atoms with Gasteiger partial charge < -0.3 is 15.5 Å². The molecule has 2 atom stereocenters. The second-order valence-electron chi connectivity index (χ2n) is 10.4. The van der Waals surface area contributed by atoms with Gasteiger partial charge in [-0.15, -0.1) is 11.8 Å². The first-order valence-electron chi connectivity index (χ1n) is 13.7. The Bertz CT molecular complexity index is 1740. The van der Waals surface area contributed by atoms with Crippen LogP contribution >= 0.6 is 39.3 Å². The molecule has 3 aromatic carbocycles. The summed E-state index contributed by atoms with van der Waals surface area (Å²) >= 11 is 11.4. The second kappa shape index (κ2) is 13.3. The summed E-state index contributed by atoms with van der Waals surface area (Å²) < 4.78 is 49.5. The summed E-state index contributed by atoms with van der Waals surface area (Å²) in [7, 11) is 0. The third-order valence-electron chi connectivity index (χ3n) is 7.61. The standard InChI is InChI=1S/C32H28BrClF3N3O3S/c1-19(32(35,36)37)39(15-14-23-22-11-5-6-13-26(22)44-18-21-10-7-12-25(34)27(21)23)31(42)28-30(29(41)24(33)16-40(28)38)43-17-20-8-3-2-4-9-20/h2-13,16,19,23H,14-15,17-18,38H2,1H3/t19-,23-/m1/s1. The molecule has 230 valence electrons. The van der Waals surface area contributed by atoms with E-state index in [-0.39, 0.29) is 30.0 Å². The normalized spacial score (nSPS) is 15.1. The lowest BCUT2D eigenvalue weighted by Crippen LogP contribution is -2.49. The number of hydrogen-bond acceptors (Lipinski definition) is 5. The molecular weight excluding hydrogens is 679 g/mol. The lowest BCUT2D eigenvalue weighted by molar-refractivity contribution is -0.172. The molecule has 0 saturated heterocycles. The van der Waals surface area contributed by atoms with Crippen LogP contribution in [-0.2, 0) is 12.4 Å². The quantitative estimate of drug-likeness (QED) is 0.190. The molecule has 4 aromatic rings. The number of fused-ring (bicyclic) bond motifs is 2. The number of rotatable bonds is 8. The number of thioether (sulfide) groups is 1. The van der Waals surface area contributed by atoms with E-state index in [1.54, 1.807) is 48.2 Å². The maximum absolute atomic E-state index is 14.3. The van der Waals surface area contributed by atoms with Gasteiger partial charge in [0, 0.05) is 34.3 Å². The molecule has 1 aliphatic rings. The summed E-state index contributed by atoms with van der Waals surface area (Å²) in [6, 6.07) is 19.9. The van der Waals surface area contributed by atoms with Gasteiger partial charge in [-0.2, -0.15) is 13.2 Å². The summed E-state index contributed by atoms with van der Waals surface area (Å²) in [6.07, 6.45) is -3.50. The van der Waals surface area contributed by atoms with Crippen molar-refractivity contribution in [3.8, 4) is 5.75 Å². The zero-order valence-corrected chi connectivity index (χ0v) is 26.6. The van der Waals surface area contributed by atoms with Gasteiger partial charge in [0.25, 0.3) is 5.91 Å². The zero-order chi connectivity index (χ0) is 31.6. The van der Waals surface area contributed by atoms with Gasteiger partial charge in [-0.25, -0.2) is 0 Å². The van der Waals surface area contributed by atoms with Crippen molar-refractivity contribution < 1.29 is 22.7 Å². The highest BCUT2D eigenvalue weighted by molar-refractivity contribution is 9.10. The van der Waals surface area contributed by atoms with Crippen molar-refractivity contribution in [1.29, 1.82) is 0 Å². The molecule has 5 rings (SSSR count). The maximum atomic E-state index is 14.3. The fourth-order valence-electron chi connectivity index (χ4n) is 5.31. The number of alkyl halides is 3. The summed E-state index contributed by atoms with van der Waals surface area (Å²) in [6.45, 7) is 0.502. The number of halogens is 5. The monoisotopic (exact) mass is 705 g/mol. The van der Waals surface area contributed by atoms with Crippen LogP contribution in [0.4, 0.5) is 13.2 Å². The SMILES string of the molecule is C[C@@H](N(CC[C@@H]1c2ccccc2SCc2cccc(Cl)c21)C(=O)c1c(OCc2ccccc2)c(=O)c(Br)cn1N)C(F)(F)F. The Morgan fingerprint density at radius 2 is 1.84 bits per heavy atom. The summed E-state index contributed by atoms with van der Waals surface area (Å²) in [4.78, 5) is 29.0. The fraction of sp³-hybridized carbons (Fsp3) is 0.250. The van der Waals surface area contributed by atoms with Gasteiger partial charge >= 0.3 is 6.18 Å². The topological polar surface area (TPSA) is 77.6 Å². The van der Waals surface area contributed by atoms with Gasteiger partial charge in [0.05, 0.1) is 4.47 Å². The van der Waals surface area contributed by atoms with Crippen molar-refractivity contribution in [3.05, 3.63) is 127 Å². The number of amides is 1. The van der Waals surface area contributed by atoms with E-state index in [0.717, 1.165) is 39.4 Å². The van der Waals surface area contributed by atoms with Gasteiger partial charge in [-0.1, -0.05) is 72.3 Å². The number of carbonyl (C=O) groups excluding carboxylic acids is 1. The van der Waals surface area contributed by atoms with Crippen LogP contribution in [0.3, 0.4) is 0 Å². The molecule has 2 heterocycles. The molecule has 1 amide bonds. The first kappa shape index (κ1) is 32.0. The Labute approximate surface area is 270 Å². The second-order valence-corrected chi connectivity index (χ2v) is 12.6. The molecule has 1 aromatic heterocycles. The molecule has 12 heteroatoms. The Morgan fingerprint density at radius 1 is 1.14 bits per heavy atom. The first-order chi connectivity index (χ1) is 21.0. The highest BCUT2D eigenvalue weighted by atomic mass is 79.9. The van der Waals surface area contributed by atoms with Crippen molar-refractivity contribution in [2.45, 2.75) is 48.7 Å². The van der Waals surface area contributed by atoms with Crippen LogP contribution in [0, 0.1) is 0 Å². The van der Waals surface area contributed by atoms with Gasteiger partial charge in [-0.05, 0) is 63.7 Å². The number of aromatic nitrogens is 1. The van der Waals surface area contributed by atoms with Crippen LogP contribution in [0.15, 0.2) is 93.2 Å². The minimum absolute atomic E-state index is 0.00570. The molecule has 44 heavy (non-hydrogen) atoms. The number of nitrogens with zero attached hydrogens (tertiary/aromatic N) is 2. The number of nitrogens with two attached hydrogens (primary N) is 1. The van der Waals surface area contributed by atoms with Crippen LogP contribution in [0.5, 0.6) is 5.75 Å².